The van der Waals surface area contributed by atoms with Gasteiger partial charge in [-0.15, -0.1) is 0 Å². The van der Waals surface area contributed by atoms with Gasteiger partial charge in [-0.1, -0.05) is 0 Å². The van der Waals surface area contributed by atoms with Gasteiger partial charge in [-0.2, -0.15) is 0 Å². The fraction of sp³-hybridized carbons (Fsp3) is 0.417. The van der Waals surface area contributed by atoms with Crippen molar-refractivity contribution in [3.63, 3.8) is 0 Å². The van der Waals surface area contributed by atoms with E-state index in [2.05, 4.69) is 0 Å². The molecule has 0 fully saturated rings. The van der Waals surface area contributed by atoms with Crippen molar-refractivity contribution < 1.29 is 24.1 Å². The Labute approximate surface area is 98.9 Å². The van der Waals surface area contributed by atoms with Gasteiger partial charge in [0.05, 0.1) is 18.8 Å². The van der Waals surface area contributed by atoms with Crippen LogP contribution in [0.5, 0.6) is 11.5 Å². The summed E-state index contributed by atoms with van der Waals surface area (Å²) < 4.78 is 15.7. The highest BCUT2D eigenvalue weighted by atomic mass is 16.6. The van der Waals surface area contributed by atoms with Crippen molar-refractivity contribution in [1.82, 2.24) is 0 Å². The molecular weight excluding hydrogens is 224 g/mol. The van der Waals surface area contributed by atoms with Crippen LogP contribution in [0.2, 0.25) is 0 Å². The van der Waals surface area contributed by atoms with Crippen LogP contribution < -0.4 is 9.47 Å². The van der Waals surface area contributed by atoms with E-state index in [1.165, 1.54) is 0 Å². The number of hydrogen-bond acceptors (Lipinski definition) is 5. The summed E-state index contributed by atoms with van der Waals surface area (Å²) >= 11 is 0. The van der Waals surface area contributed by atoms with Gasteiger partial charge in [0.2, 0.25) is 0 Å². The normalized spacial score (nSPS) is 17.6. The molecule has 5 heteroatoms. The number of hydrogen-bond donors (Lipinski definition) is 1. The second kappa shape index (κ2) is 5.05. The molecule has 1 N–H and O–H groups in total. The Morgan fingerprint density at radius 1 is 1.53 bits per heavy atom. The van der Waals surface area contributed by atoms with Crippen LogP contribution in [0.15, 0.2) is 18.2 Å². The highest BCUT2D eigenvalue weighted by Crippen LogP contribution is 2.32. The zero-order chi connectivity index (χ0) is 12.3. The lowest BCUT2D eigenvalue weighted by molar-refractivity contribution is 0.0446. The van der Waals surface area contributed by atoms with E-state index in [9.17, 15) is 4.79 Å². The van der Waals surface area contributed by atoms with Crippen LogP contribution in [0, 0.1) is 0 Å². The summed E-state index contributed by atoms with van der Waals surface area (Å²) in [4.78, 5) is 11.5. The molecule has 2 rings (SSSR count). The molecule has 1 atom stereocenters. The van der Waals surface area contributed by atoms with Gasteiger partial charge in [-0.3, -0.25) is 0 Å². The summed E-state index contributed by atoms with van der Waals surface area (Å²) in [5, 5.41) is 8.95. The second-order valence-corrected chi connectivity index (χ2v) is 3.62. The molecule has 1 aromatic carbocycles. The second-order valence-electron chi connectivity index (χ2n) is 3.62. The van der Waals surface area contributed by atoms with E-state index < -0.39 is 0 Å². The van der Waals surface area contributed by atoms with Gasteiger partial charge in [0.25, 0.3) is 0 Å². The molecule has 92 valence electrons. The van der Waals surface area contributed by atoms with Gasteiger partial charge in [0, 0.05) is 0 Å². The molecule has 17 heavy (non-hydrogen) atoms. The highest BCUT2D eigenvalue weighted by molar-refractivity contribution is 5.90. The lowest BCUT2D eigenvalue weighted by Gasteiger charge is -2.25. The Morgan fingerprint density at radius 3 is 3.06 bits per heavy atom. The lowest BCUT2D eigenvalue weighted by Crippen LogP contribution is -2.32. The van der Waals surface area contributed by atoms with E-state index in [1.54, 1.807) is 25.1 Å². The Morgan fingerprint density at radius 2 is 2.35 bits per heavy atom. The molecule has 0 saturated carbocycles. The van der Waals surface area contributed by atoms with E-state index in [1.807, 2.05) is 0 Å². The SMILES string of the molecule is CCOC(=O)c1ccc2c(c1)OC[C@@H](CO)O2. The van der Waals surface area contributed by atoms with Crippen molar-refractivity contribution in [2.24, 2.45) is 0 Å². The third kappa shape index (κ3) is 2.50. The molecule has 0 radical (unpaired) electrons. The molecule has 1 heterocycles. The monoisotopic (exact) mass is 238 g/mol. The average molecular weight is 238 g/mol. The summed E-state index contributed by atoms with van der Waals surface area (Å²) in [5.74, 6) is 0.645. The zero-order valence-electron chi connectivity index (χ0n) is 9.51. The van der Waals surface area contributed by atoms with Crippen LogP contribution in [-0.4, -0.2) is 37.0 Å². The summed E-state index contributed by atoms with van der Waals surface area (Å²) in [5.41, 5.74) is 0.427. The van der Waals surface area contributed by atoms with E-state index in [-0.39, 0.29) is 25.3 Å². The third-order valence-electron chi connectivity index (χ3n) is 2.38. The molecule has 1 aromatic rings. The maximum absolute atomic E-state index is 11.5. The zero-order valence-corrected chi connectivity index (χ0v) is 9.51. The van der Waals surface area contributed by atoms with E-state index in [0.717, 1.165) is 0 Å². The maximum atomic E-state index is 11.5. The highest BCUT2D eigenvalue weighted by Gasteiger charge is 2.21. The number of carbonyl (C=O) groups is 1. The molecule has 0 unspecified atom stereocenters. The quantitative estimate of drug-likeness (QED) is 0.796. The number of esters is 1. The van der Waals surface area contributed by atoms with Crippen LogP contribution in [0.3, 0.4) is 0 Å². The molecule has 0 saturated heterocycles. The van der Waals surface area contributed by atoms with Crippen LogP contribution in [0.4, 0.5) is 0 Å². The fourth-order valence-electron chi connectivity index (χ4n) is 1.55. The topological polar surface area (TPSA) is 65.0 Å². The Kier molecular flexibility index (Phi) is 3.49. The molecule has 0 aromatic heterocycles. The number of carbonyl (C=O) groups excluding carboxylic acids is 1. The minimum atomic E-state index is -0.386. The van der Waals surface area contributed by atoms with Gasteiger partial charge in [-0.25, -0.2) is 4.79 Å². The molecule has 1 aliphatic heterocycles. The van der Waals surface area contributed by atoms with Crippen molar-refractivity contribution in [1.29, 1.82) is 0 Å². The first-order valence-corrected chi connectivity index (χ1v) is 5.46. The first-order valence-electron chi connectivity index (χ1n) is 5.46. The number of fused-ring (bicyclic) bond motifs is 1. The largest absolute Gasteiger partial charge is 0.486 e. The van der Waals surface area contributed by atoms with Crippen molar-refractivity contribution in [3.05, 3.63) is 23.8 Å². The first kappa shape index (κ1) is 11.7. The van der Waals surface area contributed by atoms with Crippen LogP contribution in [0.25, 0.3) is 0 Å². The van der Waals surface area contributed by atoms with Crippen molar-refractivity contribution in [2.45, 2.75) is 13.0 Å². The van der Waals surface area contributed by atoms with E-state index in [0.29, 0.717) is 23.7 Å². The number of rotatable bonds is 3. The van der Waals surface area contributed by atoms with Gasteiger partial charge < -0.3 is 19.3 Å². The number of aliphatic hydroxyl groups excluding tert-OH is 1. The summed E-state index contributed by atoms with van der Waals surface area (Å²) in [6.45, 7) is 2.26. The minimum absolute atomic E-state index is 0.0981. The van der Waals surface area contributed by atoms with Gasteiger partial charge in [-0.05, 0) is 25.1 Å². The standard InChI is InChI=1S/C12H14O5/c1-2-15-12(14)8-3-4-10-11(5-8)16-7-9(6-13)17-10/h3-5,9,13H,2,6-7H2,1H3/t9-/m1/s1. The number of benzene rings is 1. The Bertz CT molecular complexity index is 415. The predicted molar refractivity (Wildman–Crippen MR) is 59.4 cm³/mol. The Balaban J connectivity index is 2.18. The molecule has 0 aliphatic carbocycles. The number of ether oxygens (including phenoxy) is 3. The average Bonchev–Trinajstić information content (AvgIpc) is 2.37. The summed E-state index contributed by atoms with van der Waals surface area (Å²) in [7, 11) is 0. The van der Waals surface area contributed by atoms with Crippen LogP contribution in [-0.2, 0) is 4.74 Å². The minimum Gasteiger partial charge on any atom is -0.486 e. The molecule has 5 nitrogen and oxygen atoms in total. The Hall–Kier alpha value is -1.75. The van der Waals surface area contributed by atoms with Gasteiger partial charge in [0.1, 0.15) is 6.61 Å². The summed E-state index contributed by atoms with van der Waals surface area (Å²) in [6, 6.07) is 4.84. The molecule has 1 aliphatic rings. The first-order chi connectivity index (χ1) is 8.24. The smallest absolute Gasteiger partial charge is 0.338 e. The van der Waals surface area contributed by atoms with Gasteiger partial charge >= 0.3 is 5.97 Å². The lowest BCUT2D eigenvalue weighted by atomic mass is 10.2. The third-order valence-corrected chi connectivity index (χ3v) is 2.38. The van der Waals surface area contributed by atoms with Gasteiger partial charge in [0.15, 0.2) is 17.6 Å². The number of aliphatic hydroxyl groups is 1. The molecule has 0 bridgehead atoms. The van der Waals surface area contributed by atoms with E-state index in [4.69, 9.17) is 19.3 Å². The summed E-state index contributed by atoms with van der Waals surface area (Å²) in [6.07, 6.45) is -0.351. The molecule has 0 amide bonds. The van der Waals surface area contributed by atoms with Crippen molar-refractivity contribution in [3.8, 4) is 11.5 Å². The van der Waals surface area contributed by atoms with Crippen LogP contribution >= 0.6 is 0 Å². The maximum Gasteiger partial charge on any atom is 0.338 e. The van der Waals surface area contributed by atoms with Crippen molar-refractivity contribution >= 4 is 5.97 Å². The predicted octanol–water partition coefficient (Wildman–Crippen LogP) is 0.995. The molecule has 0 spiro atoms. The van der Waals surface area contributed by atoms with Crippen LogP contribution in [0.1, 0.15) is 17.3 Å². The fourth-order valence-corrected chi connectivity index (χ4v) is 1.55. The molecular formula is C12H14O5. The van der Waals surface area contributed by atoms with Crippen molar-refractivity contribution in [2.75, 3.05) is 19.8 Å². The van der Waals surface area contributed by atoms with E-state index >= 15 is 0 Å².